The normalized spacial score (nSPS) is 12.0. The maximum absolute atomic E-state index is 6.92. The average molecular weight is 765 g/mol. The summed E-state index contributed by atoms with van der Waals surface area (Å²) < 4.78 is 9.28. The van der Waals surface area contributed by atoms with Crippen LogP contribution in [-0.4, -0.2) is 19.5 Å². The molecule has 0 bridgehead atoms. The Morgan fingerprint density at radius 3 is 1.70 bits per heavy atom. The Bertz CT molecular complexity index is 3910. The van der Waals surface area contributed by atoms with Crippen LogP contribution in [0.2, 0.25) is 0 Å². The van der Waals surface area contributed by atoms with E-state index in [2.05, 4.69) is 187 Å². The van der Waals surface area contributed by atoms with E-state index in [0.29, 0.717) is 17.5 Å². The zero-order valence-electron chi connectivity index (χ0n) is 32.2. The molecule has 0 N–H and O–H groups in total. The maximum Gasteiger partial charge on any atom is 0.166 e. The summed E-state index contributed by atoms with van der Waals surface area (Å²) in [6, 6.07) is 68.7. The van der Waals surface area contributed by atoms with Crippen LogP contribution in [0, 0.1) is 0 Å². The van der Waals surface area contributed by atoms with Gasteiger partial charge in [0, 0.05) is 38.2 Å². The molecule has 0 aliphatic heterocycles. The van der Waals surface area contributed by atoms with E-state index >= 15 is 0 Å². The van der Waals surface area contributed by atoms with Gasteiger partial charge in [-0.25, -0.2) is 15.0 Å². The second kappa shape index (κ2) is 12.7. The number of fused-ring (bicyclic) bond motifs is 11. The van der Waals surface area contributed by atoms with Crippen LogP contribution in [0.5, 0.6) is 0 Å². The Labute approximate surface area is 343 Å². The third-order valence-electron chi connectivity index (χ3n) is 12.2. The molecule has 0 aliphatic carbocycles. The van der Waals surface area contributed by atoms with E-state index in [1.165, 1.54) is 26.9 Å². The molecule has 0 radical (unpaired) electrons. The Hall–Kier alpha value is -8.15. The highest BCUT2D eigenvalue weighted by molar-refractivity contribution is 6.17. The number of rotatable bonds is 4. The molecule has 0 atom stereocenters. The van der Waals surface area contributed by atoms with E-state index in [1.54, 1.807) is 0 Å². The summed E-state index contributed by atoms with van der Waals surface area (Å²) in [4.78, 5) is 16.0. The first-order valence-electron chi connectivity index (χ1n) is 20.3. The van der Waals surface area contributed by atoms with Crippen molar-refractivity contribution >= 4 is 86.8 Å². The first kappa shape index (κ1) is 32.9. The topological polar surface area (TPSA) is 56.7 Å². The number of furan rings is 1. The van der Waals surface area contributed by atoms with E-state index in [0.717, 1.165) is 82.3 Å². The van der Waals surface area contributed by atoms with Gasteiger partial charge in [0.1, 0.15) is 11.3 Å². The van der Waals surface area contributed by atoms with Gasteiger partial charge in [-0.1, -0.05) is 146 Å². The van der Waals surface area contributed by atoms with Crippen molar-refractivity contribution < 1.29 is 4.42 Å². The number of hydrogen-bond acceptors (Lipinski definition) is 4. The van der Waals surface area contributed by atoms with Gasteiger partial charge in [0.05, 0.1) is 11.0 Å². The summed E-state index contributed by atoms with van der Waals surface area (Å²) in [7, 11) is 0. The molecule has 60 heavy (non-hydrogen) atoms. The molecule has 13 rings (SSSR count). The second-order valence-electron chi connectivity index (χ2n) is 15.6. The van der Waals surface area contributed by atoms with E-state index in [9.17, 15) is 0 Å². The summed E-state index contributed by atoms with van der Waals surface area (Å²) in [6.07, 6.45) is 0. The second-order valence-corrected chi connectivity index (χ2v) is 15.6. The van der Waals surface area contributed by atoms with E-state index in [4.69, 9.17) is 19.4 Å². The molecule has 13 aromatic rings. The quantitative estimate of drug-likeness (QED) is 0.167. The third-order valence-corrected chi connectivity index (χ3v) is 12.2. The molecule has 0 amide bonds. The highest BCUT2D eigenvalue weighted by atomic mass is 16.3. The van der Waals surface area contributed by atoms with Gasteiger partial charge in [-0.2, -0.15) is 0 Å². The van der Waals surface area contributed by atoms with Crippen LogP contribution >= 0.6 is 0 Å². The lowest BCUT2D eigenvalue weighted by Crippen LogP contribution is -2.04. The molecule has 0 spiro atoms. The molecule has 0 saturated carbocycles. The van der Waals surface area contributed by atoms with Gasteiger partial charge in [0.2, 0.25) is 0 Å². The molecular formula is C55H32N4O. The number of aromatic nitrogens is 4. The Balaban J connectivity index is 1.14. The van der Waals surface area contributed by atoms with Crippen molar-refractivity contribution in [3.8, 4) is 39.9 Å². The standard InChI is InChI=1S/C55H32N4O/c1-2-13-35-29-39(24-21-33(35)11-1)53-56-54(40-25-26-42-38(30-40)23-22-34-12-5-6-16-41(34)42)58-55(57-53)46-28-27-45-44-18-8-10-20-50(44)60-52(45)51(46)59-48-19-9-7-17-43(48)47-31-36-14-3-4-15-37(36)32-49(47)59/h1-32H. The number of hydrogen-bond donors (Lipinski definition) is 0. The van der Waals surface area contributed by atoms with Gasteiger partial charge in [-0.05, 0) is 91.6 Å². The zero-order valence-corrected chi connectivity index (χ0v) is 32.2. The van der Waals surface area contributed by atoms with Crippen molar-refractivity contribution in [1.29, 1.82) is 0 Å². The van der Waals surface area contributed by atoms with Crippen LogP contribution in [0.15, 0.2) is 199 Å². The summed E-state index contributed by atoms with van der Waals surface area (Å²) in [6.45, 7) is 0. The summed E-state index contributed by atoms with van der Waals surface area (Å²) in [5.74, 6) is 1.76. The minimum atomic E-state index is 0.561. The van der Waals surface area contributed by atoms with Gasteiger partial charge in [-0.3, -0.25) is 0 Å². The Morgan fingerprint density at radius 1 is 0.333 bits per heavy atom. The molecule has 3 heterocycles. The molecule has 0 aliphatic rings. The highest BCUT2D eigenvalue weighted by Crippen LogP contribution is 2.43. The van der Waals surface area contributed by atoms with E-state index in [1.807, 2.05) is 12.1 Å². The highest BCUT2D eigenvalue weighted by Gasteiger charge is 2.25. The van der Waals surface area contributed by atoms with Gasteiger partial charge < -0.3 is 8.98 Å². The van der Waals surface area contributed by atoms with Crippen molar-refractivity contribution in [2.75, 3.05) is 0 Å². The van der Waals surface area contributed by atoms with Crippen LogP contribution in [-0.2, 0) is 0 Å². The fraction of sp³-hybridized carbons (Fsp3) is 0. The van der Waals surface area contributed by atoms with Gasteiger partial charge in [0.15, 0.2) is 23.1 Å². The number of nitrogens with zero attached hydrogens (tertiary/aromatic N) is 4. The smallest absolute Gasteiger partial charge is 0.166 e. The van der Waals surface area contributed by atoms with Crippen LogP contribution in [0.3, 0.4) is 0 Å². The zero-order chi connectivity index (χ0) is 39.3. The summed E-state index contributed by atoms with van der Waals surface area (Å²) in [5.41, 5.74) is 7.31. The minimum absolute atomic E-state index is 0.561. The average Bonchev–Trinajstić information content (AvgIpc) is 3.85. The summed E-state index contributed by atoms with van der Waals surface area (Å²) in [5, 5.41) is 13.8. The van der Waals surface area contributed by atoms with Crippen molar-refractivity contribution in [2.24, 2.45) is 0 Å². The van der Waals surface area contributed by atoms with Crippen molar-refractivity contribution in [1.82, 2.24) is 19.5 Å². The molecule has 5 heteroatoms. The third kappa shape index (κ3) is 4.96. The molecule has 0 saturated heterocycles. The predicted octanol–water partition coefficient (Wildman–Crippen LogP) is 14.5. The van der Waals surface area contributed by atoms with Gasteiger partial charge >= 0.3 is 0 Å². The van der Waals surface area contributed by atoms with Crippen LogP contribution in [0.25, 0.3) is 127 Å². The molecular weight excluding hydrogens is 733 g/mol. The Morgan fingerprint density at radius 2 is 0.883 bits per heavy atom. The van der Waals surface area contributed by atoms with Crippen molar-refractivity contribution in [3.63, 3.8) is 0 Å². The molecule has 0 fully saturated rings. The predicted molar refractivity (Wildman–Crippen MR) is 248 cm³/mol. The van der Waals surface area contributed by atoms with Crippen LogP contribution in [0.1, 0.15) is 0 Å². The molecule has 278 valence electrons. The van der Waals surface area contributed by atoms with Crippen LogP contribution < -0.4 is 0 Å². The SMILES string of the molecule is c1ccc2cc(-c3nc(-c4ccc5c(ccc6ccccc65)c4)nc(-c4ccc5c(oc6ccccc65)c4-n4c5ccccc5c5cc6ccccc6cc54)n3)ccc2c1. The maximum atomic E-state index is 6.92. The molecule has 5 nitrogen and oxygen atoms in total. The number of para-hydroxylation sites is 2. The van der Waals surface area contributed by atoms with Gasteiger partial charge in [0.25, 0.3) is 0 Å². The van der Waals surface area contributed by atoms with E-state index in [-0.39, 0.29) is 0 Å². The Kier molecular flexibility index (Phi) is 6.95. The molecule has 0 unspecified atom stereocenters. The molecule has 3 aromatic heterocycles. The fourth-order valence-corrected chi connectivity index (χ4v) is 9.31. The van der Waals surface area contributed by atoms with Crippen molar-refractivity contribution in [2.45, 2.75) is 0 Å². The van der Waals surface area contributed by atoms with E-state index < -0.39 is 0 Å². The number of benzene rings is 10. The fourth-order valence-electron chi connectivity index (χ4n) is 9.31. The lowest BCUT2D eigenvalue weighted by Gasteiger charge is -2.16. The largest absolute Gasteiger partial charge is 0.454 e. The molecule has 10 aromatic carbocycles. The first-order valence-corrected chi connectivity index (χ1v) is 20.3. The minimum Gasteiger partial charge on any atom is -0.454 e. The summed E-state index contributed by atoms with van der Waals surface area (Å²) >= 11 is 0. The van der Waals surface area contributed by atoms with Crippen molar-refractivity contribution in [3.05, 3.63) is 194 Å². The van der Waals surface area contributed by atoms with Gasteiger partial charge in [-0.15, -0.1) is 0 Å². The van der Waals surface area contributed by atoms with Crippen LogP contribution in [0.4, 0.5) is 0 Å². The lowest BCUT2D eigenvalue weighted by atomic mass is 10.00. The first-order chi connectivity index (χ1) is 29.7. The lowest BCUT2D eigenvalue weighted by molar-refractivity contribution is 0.666. The monoisotopic (exact) mass is 764 g/mol.